The van der Waals surface area contributed by atoms with E-state index < -0.39 is 0 Å². The van der Waals surface area contributed by atoms with Gasteiger partial charge in [-0.05, 0) is 38.2 Å². The van der Waals surface area contributed by atoms with E-state index in [-0.39, 0.29) is 6.04 Å². The van der Waals surface area contributed by atoms with Crippen molar-refractivity contribution in [3.05, 3.63) is 60.4 Å². The van der Waals surface area contributed by atoms with Crippen molar-refractivity contribution in [2.45, 2.75) is 52.6 Å². The summed E-state index contributed by atoms with van der Waals surface area (Å²) >= 11 is 0. The van der Waals surface area contributed by atoms with Crippen molar-refractivity contribution in [2.24, 2.45) is 5.92 Å². The van der Waals surface area contributed by atoms with Gasteiger partial charge in [0.1, 0.15) is 0 Å². The van der Waals surface area contributed by atoms with Gasteiger partial charge in [-0.15, -0.1) is 0 Å². The lowest BCUT2D eigenvalue weighted by atomic mass is 10.0. The fourth-order valence-electron chi connectivity index (χ4n) is 2.59. The molecule has 0 bridgehead atoms. The average Bonchev–Trinajstić information content (AvgIpc) is 2.37. The molecule has 0 spiro atoms. The summed E-state index contributed by atoms with van der Waals surface area (Å²) in [6, 6.07) is 11.1. The molecule has 0 saturated heterocycles. The summed E-state index contributed by atoms with van der Waals surface area (Å²) in [6.07, 6.45) is 2.05. The first-order valence-corrected chi connectivity index (χ1v) is 7.79. The number of nitrogens with one attached hydrogen (secondary N) is 2. The molecule has 2 nitrogen and oxygen atoms in total. The highest BCUT2D eigenvalue weighted by atomic mass is 15.0. The van der Waals surface area contributed by atoms with Crippen LogP contribution in [0.1, 0.15) is 39.7 Å². The molecule has 116 valence electrons. The number of hydrogen-bond acceptors (Lipinski definition) is 2. The van der Waals surface area contributed by atoms with Crippen LogP contribution in [0.5, 0.6) is 0 Å². The van der Waals surface area contributed by atoms with E-state index in [1.54, 1.807) is 0 Å². The van der Waals surface area contributed by atoms with E-state index in [9.17, 15) is 0 Å². The summed E-state index contributed by atoms with van der Waals surface area (Å²) in [5.41, 5.74) is 3.31. The Morgan fingerprint density at radius 3 is 2.19 bits per heavy atom. The number of benzene rings is 1. The molecule has 0 aromatic heterocycles. The molecule has 2 N–H and O–H groups in total. The van der Waals surface area contributed by atoms with Gasteiger partial charge in [-0.2, -0.15) is 0 Å². The molecule has 0 radical (unpaired) electrons. The summed E-state index contributed by atoms with van der Waals surface area (Å²) in [4.78, 5) is 0. The molecular weight excluding hydrogens is 256 g/mol. The maximum absolute atomic E-state index is 4.24. The van der Waals surface area contributed by atoms with Gasteiger partial charge in [0.2, 0.25) is 0 Å². The van der Waals surface area contributed by atoms with Crippen molar-refractivity contribution in [3.8, 4) is 0 Å². The van der Waals surface area contributed by atoms with Crippen LogP contribution >= 0.6 is 0 Å². The first kappa shape index (κ1) is 17.4. The lowest BCUT2D eigenvalue weighted by molar-refractivity contribution is 0.450. The average molecular weight is 286 g/mol. The second kappa shape index (κ2) is 8.56. The van der Waals surface area contributed by atoms with Crippen molar-refractivity contribution in [3.63, 3.8) is 0 Å². The molecule has 1 aromatic rings. The Labute approximate surface area is 130 Å². The zero-order valence-electron chi connectivity index (χ0n) is 13.9. The molecule has 0 saturated carbocycles. The van der Waals surface area contributed by atoms with E-state index in [1.165, 1.54) is 5.56 Å². The normalized spacial score (nSPS) is 13.6. The topological polar surface area (TPSA) is 24.1 Å². The fourth-order valence-corrected chi connectivity index (χ4v) is 2.59. The van der Waals surface area contributed by atoms with Gasteiger partial charge in [-0.3, -0.25) is 0 Å². The molecule has 0 fully saturated rings. The first-order valence-electron chi connectivity index (χ1n) is 7.79. The lowest BCUT2D eigenvalue weighted by Gasteiger charge is -2.27. The van der Waals surface area contributed by atoms with Gasteiger partial charge >= 0.3 is 0 Å². The molecule has 0 heterocycles. The van der Waals surface area contributed by atoms with Gasteiger partial charge in [0.15, 0.2) is 0 Å². The van der Waals surface area contributed by atoms with E-state index >= 15 is 0 Å². The fraction of sp³-hybridized carbons (Fsp3) is 0.474. The van der Waals surface area contributed by atoms with Crippen LogP contribution in [0.15, 0.2) is 54.9 Å². The SMILES string of the molecule is C=C(C)NC(Cc1ccccc1)C(=C)NC(C)CC(C)C. The third-order valence-electron chi connectivity index (χ3n) is 3.38. The van der Waals surface area contributed by atoms with Gasteiger partial charge < -0.3 is 10.6 Å². The standard InChI is InChI=1S/C19H30N2/c1-14(2)12-16(5)21-17(6)19(20-15(3)4)13-18-10-8-7-9-11-18/h7-11,14,16,19-21H,3,6,12-13H2,1-2,4-5H3. The summed E-state index contributed by atoms with van der Waals surface area (Å²) in [7, 11) is 0. The molecule has 0 aliphatic rings. The van der Waals surface area contributed by atoms with Crippen molar-refractivity contribution in [2.75, 3.05) is 0 Å². The lowest BCUT2D eigenvalue weighted by Crippen LogP contribution is -2.40. The molecule has 21 heavy (non-hydrogen) atoms. The van der Waals surface area contributed by atoms with Crippen LogP contribution in [0.4, 0.5) is 0 Å². The van der Waals surface area contributed by atoms with Gasteiger partial charge in [-0.25, -0.2) is 0 Å². The summed E-state index contributed by atoms with van der Waals surface area (Å²) in [5.74, 6) is 0.682. The summed E-state index contributed by atoms with van der Waals surface area (Å²) in [5, 5.41) is 6.97. The highest BCUT2D eigenvalue weighted by Crippen LogP contribution is 2.11. The van der Waals surface area contributed by atoms with Crippen molar-refractivity contribution in [1.82, 2.24) is 10.6 Å². The van der Waals surface area contributed by atoms with Crippen LogP contribution < -0.4 is 10.6 Å². The minimum atomic E-state index is 0.166. The second-order valence-corrected chi connectivity index (χ2v) is 6.37. The van der Waals surface area contributed by atoms with Crippen molar-refractivity contribution in [1.29, 1.82) is 0 Å². The van der Waals surface area contributed by atoms with Crippen molar-refractivity contribution < 1.29 is 0 Å². The van der Waals surface area contributed by atoms with Gasteiger partial charge in [-0.1, -0.05) is 57.3 Å². The maximum atomic E-state index is 4.24. The predicted octanol–water partition coefficient (Wildman–Crippen LogP) is 4.26. The third kappa shape index (κ3) is 7.03. The zero-order valence-corrected chi connectivity index (χ0v) is 13.9. The molecule has 2 heteroatoms. The van der Waals surface area contributed by atoms with Gasteiger partial charge in [0.25, 0.3) is 0 Å². The highest BCUT2D eigenvalue weighted by Gasteiger charge is 2.15. The minimum absolute atomic E-state index is 0.166. The molecule has 0 amide bonds. The van der Waals surface area contributed by atoms with Crippen LogP contribution in [0.25, 0.3) is 0 Å². The number of rotatable bonds is 9. The zero-order chi connectivity index (χ0) is 15.8. The highest BCUT2D eigenvalue weighted by molar-refractivity contribution is 5.20. The number of allylic oxidation sites excluding steroid dienone is 1. The molecule has 2 unspecified atom stereocenters. The molecule has 1 rings (SSSR count). The minimum Gasteiger partial charge on any atom is -0.385 e. The van der Waals surface area contributed by atoms with E-state index in [2.05, 4.69) is 68.8 Å². The van der Waals surface area contributed by atoms with Gasteiger partial charge in [0.05, 0.1) is 6.04 Å². The predicted molar refractivity (Wildman–Crippen MR) is 93.1 cm³/mol. The van der Waals surface area contributed by atoms with Crippen LogP contribution in [-0.4, -0.2) is 12.1 Å². The smallest absolute Gasteiger partial charge is 0.0690 e. The summed E-state index contributed by atoms with van der Waals surface area (Å²) < 4.78 is 0. The third-order valence-corrected chi connectivity index (χ3v) is 3.38. The van der Waals surface area contributed by atoms with E-state index in [0.29, 0.717) is 12.0 Å². The summed E-state index contributed by atoms with van der Waals surface area (Å²) in [6.45, 7) is 16.9. The largest absolute Gasteiger partial charge is 0.385 e. The van der Waals surface area contributed by atoms with Crippen LogP contribution in [0.3, 0.4) is 0 Å². The van der Waals surface area contributed by atoms with E-state index in [1.807, 2.05) is 13.0 Å². The maximum Gasteiger partial charge on any atom is 0.0690 e. The monoisotopic (exact) mass is 286 g/mol. The Morgan fingerprint density at radius 1 is 1.05 bits per heavy atom. The molecular formula is C19H30N2. The van der Waals surface area contributed by atoms with Gasteiger partial charge in [0, 0.05) is 17.4 Å². The van der Waals surface area contributed by atoms with Crippen LogP contribution in [0, 0.1) is 5.92 Å². The van der Waals surface area contributed by atoms with Crippen molar-refractivity contribution >= 4 is 0 Å². The molecule has 0 aliphatic carbocycles. The Bertz CT molecular complexity index is 448. The molecule has 1 aromatic carbocycles. The molecule has 0 aliphatic heterocycles. The van der Waals surface area contributed by atoms with Crippen LogP contribution in [-0.2, 0) is 6.42 Å². The Morgan fingerprint density at radius 2 is 1.67 bits per heavy atom. The Hall–Kier alpha value is -1.70. The van der Waals surface area contributed by atoms with E-state index in [4.69, 9.17) is 0 Å². The van der Waals surface area contributed by atoms with E-state index in [0.717, 1.165) is 24.2 Å². The number of hydrogen-bond donors (Lipinski definition) is 2. The second-order valence-electron chi connectivity index (χ2n) is 6.37. The Balaban J connectivity index is 2.68. The first-order chi connectivity index (χ1) is 9.88. The quantitative estimate of drug-likeness (QED) is 0.709. The Kier molecular flexibility index (Phi) is 7.07. The molecule has 2 atom stereocenters. The van der Waals surface area contributed by atoms with Crippen LogP contribution in [0.2, 0.25) is 0 Å².